The molecule has 0 radical (unpaired) electrons. The van der Waals surface area contributed by atoms with E-state index in [-0.39, 0.29) is 5.91 Å². The molecule has 0 aliphatic heterocycles. The van der Waals surface area contributed by atoms with Gasteiger partial charge in [-0.1, -0.05) is 0 Å². The van der Waals surface area contributed by atoms with Crippen LogP contribution in [0.25, 0.3) is 0 Å². The van der Waals surface area contributed by atoms with Crippen molar-refractivity contribution in [1.29, 1.82) is 0 Å². The van der Waals surface area contributed by atoms with E-state index in [4.69, 9.17) is 0 Å². The number of hydrogen-bond donors (Lipinski definition) is 1. The summed E-state index contributed by atoms with van der Waals surface area (Å²) in [6, 6.07) is 6.33. The molecular formula is C11H12INO. The van der Waals surface area contributed by atoms with Crippen molar-refractivity contribution in [1.82, 2.24) is 5.32 Å². The van der Waals surface area contributed by atoms with Crippen LogP contribution in [0.2, 0.25) is 0 Å². The minimum absolute atomic E-state index is 0.0707. The van der Waals surface area contributed by atoms with Gasteiger partial charge < -0.3 is 5.32 Å². The second kappa shape index (κ2) is 3.88. The van der Waals surface area contributed by atoms with Gasteiger partial charge in [0.25, 0.3) is 5.91 Å². The lowest BCUT2D eigenvalue weighted by atomic mass is 10.1. The summed E-state index contributed by atoms with van der Waals surface area (Å²) in [5, 5.41) is 2.99. The van der Waals surface area contributed by atoms with E-state index in [1.54, 1.807) is 0 Å². The molecule has 3 heteroatoms. The predicted molar refractivity (Wildman–Crippen MR) is 64.4 cm³/mol. The molecule has 0 atom stereocenters. The van der Waals surface area contributed by atoms with Crippen LogP contribution < -0.4 is 5.32 Å². The van der Waals surface area contributed by atoms with Crippen molar-refractivity contribution < 1.29 is 4.79 Å². The molecule has 0 saturated heterocycles. The van der Waals surface area contributed by atoms with Gasteiger partial charge in [-0.2, -0.15) is 0 Å². The molecule has 0 bridgehead atoms. The molecule has 14 heavy (non-hydrogen) atoms. The third-order valence-electron chi connectivity index (χ3n) is 2.35. The Balaban J connectivity index is 2.17. The van der Waals surface area contributed by atoms with Crippen molar-refractivity contribution in [2.75, 3.05) is 0 Å². The summed E-state index contributed by atoms with van der Waals surface area (Å²) in [6.45, 7) is 1.98. The standard InChI is InChI=1S/C11H12INO/c1-7-6-8(12)2-5-10(7)11(14)13-9-3-4-9/h2,5-6,9H,3-4H2,1H3,(H,13,14). The third kappa shape index (κ3) is 2.26. The van der Waals surface area contributed by atoms with Crippen LogP contribution in [0, 0.1) is 10.5 Å². The van der Waals surface area contributed by atoms with Crippen molar-refractivity contribution in [2.24, 2.45) is 0 Å². The molecule has 1 aliphatic carbocycles. The monoisotopic (exact) mass is 301 g/mol. The lowest BCUT2D eigenvalue weighted by molar-refractivity contribution is 0.0950. The first-order valence-electron chi connectivity index (χ1n) is 4.74. The summed E-state index contributed by atoms with van der Waals surface area (Å²) in [4.78, 5) is 11.7. The van der Waals surface area contributed by atoms with Gasteiger partial charge in [-0.3, -0.25) is 4.79 Å². The van der Waals surface area contributed by atoms with Gasteiger partial charge in [0.05, 0.1) is 0 Å². The van der Waals surface area contributed by atoms with Crippen LogP contribution in [0.5, 0.6) is 0 Å². The van der Waals surface area contributed by atoms with Gasteiger partial charge in [0.15, 0.2) is 0 Å². The maximum atomic E-state index is 11.7. The van der Waals surface area contributed by atoms with E-state index >= 15 is 0 Å². The van der Waals surface area contributed by atoms with Crippen LogP contribution >= 0.6 is 22.6 Å². The molecule has 0 spiro atoms. The zero-order chi connectivity index (χ0) is 10.1. The van der Waals surface area contributed by atoms with E-state index in [0.29, 0.717) is 6.04 Å². The molecule has 1 saturated carbocycles. The van der Waals surface area contributed by atoms with Gasteiger partial charge >= 0.3 is 0 Å². The van der Waals surface area contributed by atoms with Crippen molar-refractivity contribution in [2.45, 2.75) is 25.8 Å². The Kier molecular flexibility index (Phi) is 2.76. The van der Waals surface area contributed by atoms with Gasteiger partial charge in [-0.25, -0.2) is 0 Å². The molecular weight excluding hydrogens is 289 g/mol. The summed E-state index contributed by atoms with van der Waals surface area (Å²) in [5.74, 6) is 0.0707. The largest absolute Gasteiger partial charge is 0.349 e. The summed E-state index contributed by atoms with van der Waals surface area (Å²) in [6.07, 6.45) is 2.27. The van der Waals surface area contributed by atoms with Gasteiger partial charge in [0, 0.05) is 15.2 Å². The highest BCUT2D eigenvalue weighted by atomic mass is 127. The molecule has 1 aromatic rings. The van der Waals surface area contributed by atoms with E-state index in [0.717, 1.165) is 24.0 Å². The molecule has 1 aliphatic rings. The molecule has 2 nitrogen and oxygen atoms in total. The van der Waals surface area contributed by atoms with Crippen LogP contribution in [-0.2, 0) is 0 Å². The van der Waals surface area contributed by atoms with Gasteiger partial charge in [-0.05, 0) is 66.1 Å². The van der Waals surface area contributed by atoms with E-state index < -0.39 is 0 Å². The fourth-order valence-corrected chi connectivity index (χ4v) is 2.02. The van der Waals surface area contributed by atoms with Crippen molar-refractivity contribution in [3.8, 4) is 0 Å². The third-order valence-corrected chi connectivity index (χ3v) is 3.02. The Morgan fingerprint density at radius 2 is 2.21 bits per heavy atom. The van der Waals surface area contributed by atoms with E-state index in [2.05, 4.69) is 27.9 Å². The minimum Gasteiger partial charge on any atom is -0.349 e. The molecule has 0 unspecified atom stereocenters. The van der Waals surface area contributed by atoms with Crippen LogP contribution in [0.4, 0.5) is 0 Å². The Bertz CT molecular complexity index is 372. The number of hydrogen-bond acceptors (Lipinski definition) is 1. The first kappa shape index (κ1) is 9.96. The first-order chi connectivity index (χ1) is 6.66. The Labute approximate surface area is 97.2 Å². The summed E-state index contributed by atoms with van der Waals surface area (Å²) in [7, 11) is 0. The smallest absolute Gasteiger partial charge is 0.251 e. The number of aryl methyl sites for hydroxylation is 1. The second-order valence-electron chi connectivity index (χ2n) is 3.71. The molecule has 1 aromatic carbocycles. The highest BCUT2D eigenvalue weighted by molar-refractivity contribution is 14.1. The van der Waals surface area contributed by atoms with Gasteiger partial charge in [0.1, 0.15) is 0 Å². The molecule has 0 heterocycles. The molecule has 0 aromatic heterocycles. The highest BCUT2D eigenvalue weighted by Crippen LogP contribution is 2.20. The first-order valence-corrected chi connectivity index (χ1v) is 5.82. The molecule has 74 valence electrons. The van der Waals surface area contributed by atoms with E-state index in [1.165, 1.54) is 3.57 Å². The average molecular weight is 301 g/mol. The molecule has 1 amide bonds. The summed E-state index contributed by atoms with van der Waals surface area (Å²) < 4.78 is 1.17. The van der Waals surface area contributed by atoms with E-state index in [9.17, 15) is 4.79 Å². The number of amides is 1. The van der Waals surface area contributed by atoms with Crippen molar-refractivity contribution >= 4 is 28.5 Å². The number of halogens is 1. The highest BCUT2D eigenvalue weighted by Gasteiger charge is 2.24. The lowest BCUT2D eigenvalue weighted by Gasteiger charge is -2.06. The van der Waals surface area contributed by atoms with Gasteiger partial charge in [0.2, 0.25) is 0 Å². The van der Waals surface area contributed by atoms with Crippen molar-refractivity contribution in [3.63, 3.8) is 0 Å². The number of nitrogens with one attached hydrogen (secondary N) is 1. The second-order valence-corrected chi connectivity index (χ2v) is 4.95. The van der Waals surface area contributed by atoms with E-state index in [1.807, 2.05) is 25.1 Å². The number of carbonyl (C=O) groups excluding carboxylic acids is 1. The number of rotatable bonds is 2. The quantitative estimate of drug-likeness (QED) is 0.836. The zero-order valence-corrected chi connectivity index (χ0v) is 10.2. The predicted octanol–water partition coefficient (Wildman–Crippen LogP) is 2.49. The van der Waals surface area contributed by atoms with Crippen LogP contribution in [0.15, 0.2) is 18.2 Å². The Morgan fingerprint density at radius 3 is 2.79 bits per heavy atom. The average Bonchev–Trinajstić information content (AvgIpc) is 2.87. The lowest BCUT2D eigenvalue weighted by Crippen LogP contribution is -2.26. The van der Waals surface area contributed by atoms with Crippen LogP contribution in [0.1, 0.15) is 28.8 Å². The van der Waals surface area contributed by atoms with Gasteiger partial charge in [-0.15, -0.1) is 0 Å². The van der Waals surface area contributed by atoms with Crippen LogP contribution in [-0.4, -0.2) is 11.9 Å². The molecule has 2 rings (SSSR count). The SMILES string of the molecule is Cc1cc(I)ccc1C(=O)NC1CC1. The summed E-state index contributed by atoms with van der Waals surface area (Å²) in [5.41, 5.74) is 1.85. The maximum absolute atomic E-state index is 11.7. The minimum atomic E-state index is 0.0707. The topological polar surface area (TPSA) is 29.1 Å². The number of benzene rings is 1. The fraction of sp³-hybridized carbons (Fsp3) is 0.364. The zero-order valence-electron chi connectivity index (χ0n) is 8.01. The van der Waals surface area contributed by atoms with Crippen LogP contribution in [0.3, 0.4) is 0 Å². The molecule has 1 N–H and O–H groups in total. The Hall–Kier alpha value is -0.580. The summed E-state index contributed by atoms with van der Waals surface area (Å²) >= 11 is 2.25. The fourth-order valence-electron chi connectivity index (χ4n) is 1.37. The Morgan fingerprint density at radius 1 is 1.50 bits per heavy atom. The normalized spacial score (nSPS) is 15.3. The number of carbonyl (C=O) groups is 1. The maximum Gasteiger partial charge on any atom is 0.251 e. The van der Waals surface area contributed by atoms with Crippen molar-refractivity contribution in [3.05, 3.63) is 32.9 Å². The molecule has 1 fully saturated rings.